The van der Waals surface area contributed by atoms with Gasteiger partial charge in [-0.15, -0.1) is 0 Å². The first kappa shape index (κ1) is 22.8. The standard InChI is InChI=1S/C24H32N8OS/c1-14(2)19-20(17-9-15(3)22-25-13-26-32(22)11-17)27-23-21(19)28-24(34-23)31-8-7-30(10-16(31)4)12-18(33)29(5)6/h9,11,13-14,16,27H,7-8,10,12H2,1-6H3/t16-/m1/s1. The van der Waals surface area contributed by atoms with E-state index < -0.39 is 0 Å². The predicted octanol–water partition coefficient (Wildman–Crippen LogP) is 3.36. The maximum Gasteiger partial charge on any atom is 0.236 e. The third kappa shape index (κ3) is 3.94. The zero-order chi connectivity index (χ0) is 24.1. The molecule has 5 rings (SSSR count). The Labute approximate surface area is 203 Å². The number of H-pyrrole nitrogens is 1. The highest BCUT2D eigenvalue weighted by Gasteiger charge is 2.29. The van der Waals surface area contributed by atoms with E-state index in [1.165, 1.54) is 5.56 Å². The van der Waals surface area contributed by atoms with Gasteiger partial charge >= 0.3 is 0 Å². The van der Waals surface area contributed by atoms with Crippen molar-refractivity contribution >= 4 is 38.4 Å². The number of aromatic nitrogens is 5. The third-order valence-electron chi connectivity index (χ3n) is 6.62. The number of carbonyl (C=O) groups is 1. The number of pyridine rings is 1. The molecule has 10 heteroatoms. The van der Waals surface area contributed by atoms with Crippen LogP contribution in [-0.2, 0) is 4.79 Å². The lowest BCUT2D eigenvalue weighted by Crippen LogP contribution is -2.54. The molecule has 1 aliphatic heterocycles. The molecule has 0 spiro atoms. The Bertz CT molecular complexity index is 1350. The fraction of sp³-hybridized carbons (Fsp3) is 0.500. The average Bonchev–Trinajstić information content (AvgIpc) is 3.47. The number of likely N-dealkylation sites (N-methyl/N-ethyl adjacent to an activating group) is 1. The Balaban J connectivity index is 1.45. The smallest absolute Gasteiger partial charge is 0.236 e. The molecule has 0 bridgehead atoms. The highest BCUT2D eigenvalue weighted by atomic mass is 32.1. The Kier molecular flexibility index (Phi) is 5.81. The molecule has 1 fully saturated rings. The summed E-state index contributed by atoms with van der Waals surface area (Å²) in [7, 11) is 3.62. The number of aryl methyl sites for hydroxylation is 1. The van der Waals surface area contributed by atoms with Gasteiger partial charge in [0.2, 0.25) is 5.91 Å². The molecule has 0 unspecified atom stereocenters. The van der Waals surface area contributed by atoms with Gasteiger partial charge in [0, 0.05) is 57.1 Å². The highest BCUT2D eigenvalue weighted by Crippen LogP contribution is 2.40. The average molecular weight is 481 g/mol. The van der Waals surface area contributed by atoms with Crippen LogP contribution in [0.2, 0.25) is 0 Å². The van der Waals surface area contributed by atoms with Gasteiger partial charge in [-0.2, -0.15) is 5.10 Å². The fourth-order valence-corrected chi connectivity index (χ4v) is 5.93. The van der Waals surface area contributed by atoms with Crippen LogP contribution in [0.3, 0.4) is 0 Å². The second kappa shape index (κ2) is 8.66. The predicted molar refractivity (Wildman–Crippen MR) is 137 cm³/mol. The zero-order valence-corrected chi connectivity index (χ0v) is 21.5. The third-order valence-corrected chi connectivity index (χ3v) is 7.63. The van der Waals surface area contributed by atoms with Crippen molar-refractivity contribution in [2.45, 2.75) is 39.7 Å². The summed E-state index contributed by atoms with van der Waals surface area (Å²) in [5.74, 6) is 0.466. The molecule has 1 saturated heterocycles. The van der Waals surface area contributed by atoms with Crippen molar-refractivity contribution in [1.82, 2.24) is 34.4 Å². The van der Waals surface area contributed by atoms with Crippen LogP contribution in [0.5, 0.6) is 0 Å². The van der Waals surface area contributed by atoms with E-state index in [4.69, 9.17) is 4.98 Å². The SMILES string of the molecule is Cc1cc(-c2[nH]c3sc(N4CCN(CC(=O)N(C)C)C[C@H]4C)nc3c2C(C)C)cn2ncnc12. The van der Waals surface area contributed by atoms with Crippen molar-refractivity contribution in [3.05, 3.63) is 29.7 Å². The summed E-state index contributed by atoms with van der Waals surface area (Å²) in [5, 5.41) is 5.39. The van der Waals surface area contributed by atoms with Gasteiger partial charge in [0.1, 0.15) is 16.7 Å². The first-order valence-corrected chi connectivity index (χ1v) is 12.6. The Morgan fingerprint density at radius 2 is 2.12 bits per heavy atom. The van der Waals surface area contributed by atoms with E-state index in [0.29, 0.717) is 18.5 Å². The van der Waals surface area contributed by atoms with E-state index in [9.17, 15) is 4.79 Å². The number of hydrogen-bond donors (Lipinski definition) is 1. The molecule has 4 aromatic rings. The fourth-order valence-electron chi connectivity index (χ4n) is 4.81. The summed E-state index contributed by atoms with van der Waals surface area (Å²) >= 11 is 1.71. The van der Waals surface area contributed by atoms with Crippen LogP contribution < -0.4 is 4.90 Å². The van der Waals surface area contributed by atoms with Crippen molar-refractivity contribution in [2.75, 3.05) is 45.2 Å². The summed E-state index contributed by atoms with van der Waals surface area (Å²) in [6.07, 6.45) is 3.63. The molecule has 1 atom stereocenters. The van der Waals surface area contributed by atoms with Crippen LogP contribution in [0.15, 0.2) is 18.6 Å². The molecule has 180 valence electrons. The van der Waals surface area contributed by atoms with E-state index >= 15 is 0 Å². The van der Waals surface area contributed by atoms with E-state index in [0.717, 1.165) is 57.6 Å². The Hall–Kier alpha value is -2.98. The van der Waals surface area contributed by atoms with Gasteiger partial charge in [0.05, 0.1) is 12.2 Å². The van der Waals surface area contributed by atoms with Crippen molar-refractivity contribution in [3.63, 3.8) is 0 Å². The lowest BCUT2D eigenvalue weighted by Gasteiger charge is -2.39. The lowest BCUT2D eigenvalue weighted by molar-refractivity contribution is -0.130. The van der Waals surface area contributed by atoms with Gasteiger partial charge in [-0.05, 0) is 31.4 Å². The first-order valence-electron chi connectivity index (χ1n) is 11.7. The Morgan fingerprint density at radius 3 is 2.82 bits per heavy atom. The van der Waals surface area contributed by atoms with Crippen LogP contribution in [0, 0.1) is 6.92 Å². The molecule has 1 amide bonds. The molecule has 0 aromatic carbocycles. The summed E-state index contributed by atoms with van der Waals surface area (Å²) in [6.45, 7) is 11.8. The van der Waals surface area contributed by atoms with Crippen LogP contribution in [0.1, 0.15) is 37.8 Å². The van der Waals surface area contributed by atoms with Crippen molar-refractivity contribution < 1.29 is 4.79 Å². The monoisotopic (exact) mass is 480 g/mol. The molecule has 0 saturated carbocycles. The maximum absolute atomic E-state index is 12.1. The van der Waals surface area contributed by atoms with Gasteiger partial charge in [-0.1, -0.05) is 25.2 Å². The lowest BCUT2D eigenvalue weighted by atomic mass is 9.99. The largest absolute Gasteiger partial charge is 0.348 e. The number of piperazine rings is 1. The molecule has 0 radical (unpaired) electrons. The van der Waals surface area contributed by atoms with Gasteiger partial charge < -0.3 is 14.8 Å². The minimum atomic E-state index is 0.150. The number of hydrogen-bond acceptors (Lipinski definition) is 7. The quantitative estimate of drug-likeness (QED) is 0.471. The second-order valence-electron chi connectivity index (χ2n) is 9.75. The van der Waals surface area contributed by atoms with Gasteiger partial charge in [-0.25, -0.2) is 14.5 Å². The van der Waals surface area contributed by atoms with E-state index in [2.05, 4.69) is 58.6 Å². The summed E-state index contributed by atoms with van der Waals surface area (Å²) < 4.78 is 1.84. The number of anilines is 1. The molecular formula is C24H32N8OS. The first-order chi connectivity index (χ1) is 16.2. The van der Waals surface area contributed by atoms with E-state index in [-0.39, 0.29) is 5.91 Å². The zero-order valence-electron chi connectivity index (χ0n) is 20.7. The minimum Gasteiger partial charge on any atom is -0.348 e. The van der Waals surface area contributed by atoms with Crippen LogP contribution in [-0.4, -0.2) is 86.6 Å². The summed E-state index contributed by atoms with van der Waals surface area (Å²) in [5.41, 5.74) is 6.46. The summed E-state index contributed by atoms with van der Waals surface area (Å²) in [6, 6.07) is 2.46. The number of amides is 1. The highest BCUT2D eigenvalue weighted by molar-refractivity contribution is 7.21. The molecule has 4 aromatic heterocycles. The number of carbonyl (C=O) groups excluding carboxylic acids is 1. The molecule has 0 aliphatic carbocycles. The summed E-state index contributed by atoms with van der Waals surface area (Å²) in [4.78, 5) is 32.7. The number of nitrogens with one attached hydrogen (secondary N) is 1. The Morgan fingerprint density at radius 1 is 1.32 bits per heavy atom. The van der Waals surface area contributed by atoms with Crippen molar-refractivity contribution in [1.29, 1.82) is 0 Å². The maximum atomic E-state index is 12.1. The van der Waals surface area contributed by atoms with Crippen LogP contribution >= 0.6 is 11.3 Å². The van der Waals surface area contributed by atoms with E-state index in [1.807, 2.05) is 24.8 Å². The topological polar surface area (TPSA) is 85.7 Å². The number of thiazole rings is 1. The normalized spacial score (nSPS) is 17.4. The molecule has 34 heavy (non-hydrogen) atoms. The molecule has 9 nitrogen and oxygen atoms in total. The second-order valence-corrected chi connectivity index (χ2v) is 10.7. The minimum absolute atomic E-state index is 0.150. The van der Waals surface area contributed by atoms with Crippen LogP contribution in [0.4, 0.5) is 5.13 Å². The molecular weight excluding hydrogens is 448 g/mol. The van der Waals surface area contributed by atoms with Crippen molar-refractivity contribution in [3.8, 4) is 11.3 Å². The molecule has 1 aliphatic rings. The van der Waals surface area contributed by atoms with Gasteiger partial charge in [-0.3, -0.25) is 9.69 Å². The van der Waals surface area contributed by atoms with Gasteiger partial charge in [0.25, 0.3) is 0 Å². The number of aromatic amines is 1. The van der Waals surface area contributed by atoms with Gasteiger partial charge in [0.15, 0.2) is 10.8 Å². The van der Waals surface area contributed by atoms with E-state index in [1.54, 1.807) is 22.6 Å². The molecule has 1 N–H and O–H groups in total. The number of nitrogens with zero attached hydrogens (tertiary/aromatic N) is 7. The van der Waals surface area contributed by atoms with Crippen LogP contribution in [0.25, 0.3) is 27.3 Å². The van der Waals surface area contributed by atoms with Crippen molar-refractivity contribution in [2.24, 2.45) is 0 Å². The molecule has 5 heterocycles. The number of rotatable bonds is 5. The number of fused-ring (bicyclic) bond motifs is 2.